The lowest BCUT2D eigenvalue weighted by Crippen LogP contribution is -2.27. The number of aliphatic hydroxyl groups excluding tert-OH is 5. The van der Waals surface area contributed by atoms with Crippen molar-refractivity contribution in [1.29, 1.82) is 0 Å². The fraction of sp³-hybridized carbons (Fsp3) is 0.885. The van der Waals surface area contributed by atoms with Crippen LogP contribution in [0.4, 0.5) is 0 Å². The van der Waals surface area contributed by atoms with Gasteiger partial charge in [0.1, 0.15) is 23.9 Å². The van der Waals surface area contributed by atoms with Gasteiger partial charge in [0, 0.05) is 65.3 Å². The Morgan fingerprint density at radius 2 is 0.454 bits per heavy atom. The minimum absolute atomic E-state index is 0.0232. The topological polar surface area (TPSA) is 760 Å². The number of rotatable bonds is 45. The van der Waals surface area contributed by atoms with Crippen LogP contribution in [0.5, 0.6) is 0 Å². The second-order valence-corrected chi connectivity index (χ2v) is 65.4. The fourth-order valence-electron chi connectivity index (χ4n) is 5.44. The SMILES string of the molecule is CCCCOC(=O)C(C)O.CCCCOC(=O)C(C)OP(C)(=O)OC(C)C(=O)OCCCC.CCOC(=O)C(C)CBr.CCOC(=O)C(C)COP(C)(=O)OCC(C)C(=O)OCC.CCOC(=O)C(CO)CO.CCOC(=O)C(CO)COP(C)(=O)OCC(CO)C(=O)OCC.CP(=O)(O)Cl.CP(=O)(O)O.CP(=O)(O)O.CP(=O)(O)O.CP(C)(=O)O.CP(C)(C)=O.CP(C)(C)=O.CP(C)(C)=O.CP(C)(C)=O. The highest BCUT2D eigenvalue weighted by Crippen LogP contribution is 2.48. The third-order valence-corrected chi connectivity index (χ3v) is 16.0. The van der Waals surface area contributed by atoms with Crippen LogP contribution in [-0.2, 0) is 168 Å². The molecule has 0 aliphatic heterocycles. The van der Waals surface area contributed by atoms with Crippen LogP contribution < -0.4 is 0 Å². The molecule has 0 amide bonds. The number of unbranched alkanes of at least 4 members (excludes halogenated alkanes) is 3. The molecular formula is C78H178BrClO49P12. The van der Waals surface area contributed by atoms with Gasteiger partial charge in [0.25, 0.3) is 6.72 Å². The quantitative estimate of drug-likeness (QED) is 0.00885. The number of hydrogen-bond donors (Lipinski definition) is 13. The van der Waals surface area contributed by atoms with E-state index >= 15 is 0 Å². The lowest BCUT2D eigenvalue weighted by Gasteiger charge is -2.21. The van der Waals surface area contributed by atoms with E-state index in [9.17, 15) is 97.9 Å². The lowest BCUT2D eigenvalue weighted by molar-refractivity contribution is -0.154. The number of halogens is 2. The van der Waals surface area contributed by atoms with E-state index in [0.717, 1.165) is 71.8 Å². The molecule has 9 atom stereocenters. The molecule has 0 aromatic rings. The summed E-state index contributed by atoms with van der Waals surface area (Å²) < 4.78 is 198. The number of carbonyl (C=O) groups excluding carboxylic acids is 9. The van der Waals surface area contributed by atoms with Gasteiger partial charge < -0.3 is 144 Å². The van der Waals surface area contributed by atoms with Crippen molar-refractivity contribution < 1.29 is 232 Å². The van der Waals surface area contributed by atoms with Crippen molar-refractivity contribution >= 4 is 169 Å². The van der Waals surface area contributed by atoms with Crippen LogP contribution in [0.1, 0.15) is 142 Å². The van der Waals surface area contributed by atoms with Gasteiger partial charge in [0.05, 0.1) is 159 Å². The summed E-state index contributed by atoms with van der Waals surface area (Å²) >= 11 is 7.83. The van der Waals surface area contributed by atoms with Gasteiger partial charge in [-0.05, 0) is 187 Å². The largest absolute Gasteiger partial charge is 0.466 e. The maximum atomic E-state index is 12.2. The molecule has 0 spiro atoms. The van der Waals surface area contributed by atoms with Crippen molar-refractivity contribution in [3.63, 3.8) is 0 Å². The van der Waals surface area contributed by atoms with Crippen molar-refractivity contribution in [2.24, 2.45) is 35.5 Å². The molecule has 141 heavy (non-hydrogen) atoms. The van der Waals surface area contributed by atoms with E-state index in [1.54, 1.807) is 135 Å². The molecule has 0 rings (SSSR count). The van der Waals surface area contributed by atoms with Gasteiger partial charge in [0.2, 0.25) is 0 Å². The Kier molecular flexibility index (Phi) is 119. The summed E-state index contributed by atoms with van der Waals surface area (Å²) in [6.45, 7) is 53.0. The van der Waals surface area contributed by atoms with Gasteiger partial charge in [0.15, 0.2) is 19.6 Å². The lowest BCUT2D eigenvalue weighted by atomic mass is 10.2. The standard InChI is InChI=1S/C15H29O7P.C13H25O9P.C13H25O7P.C7H14O3.C6H11BrO2.C6H12O4.4C3H9OP.C2H7O2P.CH4ClO2P.3CH5O3P/c1-6-8-10-19-14(16)12(3)21-23(5,18)22-13(4)15(17)20-11-9-7-2;1-4-19-12(16)10(6-14)8-21-23(3,18)22-9-11(7-15)13(17)20-5-2;1-6-17-12(14)10(3)8-19-21(5,16)20-9-11(4)13(15)18-7-2;1-3-4-5-10-7(9)6(2)8;1-3-9-6(8)5(2)4-7;1-2-10-6(9)5(3-7)4-8;9*1-5(2,3)4/h12-13H,6-11H2,1-5H3;10-11,14-15H,4-9H2,1-3H3;10-11H,6-9H2,1-5H3;6,8H,3-5H2,1-2H3;5H,3-4H2,1-2H3;5,7-8H,2-4H2,1H3;4*1-3H3;1-2H3,(H,3,4);1H3,(H,3,4);3*1H3,(H2,2,3,4). The maximum Gasteiger partial charge on any atom is 0.335 e. The number of aliphatic hydroxyl groups is 5. The second kappa shape index (κ2) is 97.5. The summed E-state index contributed by atoms with van der Waals surface area (Å²) in [6.07, 6.45) is 2.09. The van der Waals surface area contributed by atoms with Gasteiger partial charge >= 0.3 is 99.3 Å². The number of carbonyl (C=O) groups is 9. The minimum atomic E-state index is -3.64. The molecule has 0 bridgehead atoms. The molecule has 0 aromatic carbocycles. The molecule has 0 heterocycles. The van der Waals surface area contributed by atoms with E-state index in [2.05, 4.69) is 36.6 Å². The molecule has 49 nitrogen and oxygen atoms in total. The van der Waals surface area contributed by atoms with Crippen LogP contribution in [0, 0.1) is 35.5 Å². The smallest absolute Gasteiger partial charge is 0.335 e. The van der Waals surface area contributed by atoms with E-state index in [4.69, 9.17) is 125 Å². The molecule has 0 saturated heterocycles. The predicted molar refractivity (Wildman–Crippen MR) is 553 cm³/mol. The zero-order chi connectivity index (χ0) is 116. The number of ether oxygens (including phenoxy) is 9. The van der Waals surface area contributed by atoms with Gasteiger partial charge in [-0.15, -0.1) is 0 Å². The molecule has 0 aliphatic carbocycles. The zero-order valence-corrected chi connectivity index (χ0v) is 102. The van der Waals surface area contributed by atoms with E-state index < -0.39 is 197 Å². The minimum Gasteiger partial charge on any atom is -0.466 e. The maximum absolute atomic E-state index is 12.2. The molecule has 0 radical (unpaired) electrons. The van der Waals surface area contributed by atoms with E-state index in [0.29, 0.717) is 18.5 Å². The summed E-state index contributed by atoms with van der Waals surface area (Å²) in [5, 5.41) is 44.4. The zero-order valence-electron chi connectivity index (χ0n) is 89.3. The molecule has 0 fully saturated rings. The first-order valence-electron chi connectivity index (χ1n) is 43.2. The van der Waals surface area contributed by atoms with E-state index in [1.807, 2.05) is 27.7 Å². The summed E-state index contributed by atoms with van der Waals surface area (Å²) in [6, 6.07) is 0. The monoisotopic (exact) mass is 2380 g/mol. The molecule has 13 N–H and O–H groups in total. The molecule has 0 saturated carbocycles. The Labute approximate surface area is 850 Å². The van der Waals surface area contributed by atoms with Crippen LogP contribution >= 0.6 is 115 Å². The first kappa shape index (κ1) is 172. The molecule has 63 heteroatoms. The van der Waals surface area contributed by atoms with Crippen LogP contribution in [-0.4, -0.2) is 394 Å². The predicted octanol–water partition coefficient (Wildman–Crippen LogP) is 13.1. The third-order valence-electron chi connectivity index (χ3n) is 11.1. The summed E-state index contributed by atoms with van der Waals surface area (Å²) in [4.78, 5) is 163. The average Bonchev–Trinajstić information content (AvgIpc) is 0.874. The molecular weight excluding hydrogens is 2210 g/mol. The first-order valence-corrected chi connectivity index (χ1v) is 74.3. The van der Waals surface area contributed by atoms with Gasteiger partial charge in [-0.3, -0.25) is 74.3 Å². The van der Waals surface area contributed by atoms with E-state index in [1.165, 1.54) is 47.4 Å². The fourth-order valence-corrected chi connectivity index (χ4v) is 9.12. The van der Waals surface area contributed by atoms with Crippen LogP contribution in [0.3, 0.4) is 0 Å². The first-order chi connectivity index (χ1) is 62.9. The Bertz CT molecular complexity index is 3370. The highest BCUT2D eigenvalue weighted by molar-refractivity contribution is 9.09. The van der Waals surface area contributed by atoms with Gasteiger partial charge in [-0.2, -0.15) is 0 Å². The highest BCUT2D eigenvalue weighted by atomic mass is 79.9. The normalized spacial score (nSPS) is 14.3. The summed E-state index contributed by atoms with van der Waals surface area (Å²) in [5.74, 6) is -8.45. The summed E-state index contributed by atoms with van der Waals surface area (Å²) in [5.41, 5.74) is 0. The Hall–Kier alpha value is -2.00. The average molecular weight is 2390 g/mol. The van der Waals surface area contributed by atoms with Crippen molar-refractivity contribution in [2.75, 3.05) is 258 Å². The van der Waals surface area contributed by atoms with E-state index in [-0.39, 0.29) is 97.8 Å². The Balaban J connectivity index is -0.0000000971. The van der Waals surface area contributed by atoms with Crippen LogP contribution in [0.2, 0.25) is 0 Å². The van der Waals surface area contributed by atoms with Crippen molar-refractivity contribution in [3.8, 4) is 0 Å². The number of esters is 9. The van der Waals surface area contributed by atoms with Crippen LogP contribution in [0.15, 0.2) is 0 Å². The summed E-state index contributed by atoms with van der Waals surface area (Å²) in [7, 11) is -30.6. The molecule has 0 aliphatic rings. The third kappa shape index (κ3) is 207. The molecule has 858 valence electrons. The number of alkyl halides is 1. The Morgan fingerprint density at radius 3 is 0.624 bits per heavy atom. The highest BCUT2D eigenvalue weighted by Gasteiger charge is 2.33. The van der Waals surface area contributed by atoms with Crippen molar-refractivity contribution in [2.45, 2.75) is 161 Å². The second-order valence-electron chi connectivity index (χ2n) is 32.6. The van der Waals surface area contributed by atoms with Crippen molar-refractivity contribution in [1.82, 2.24) is 0 Å². The van der Waals surface area contributed by atoms with Gasteiger partial charge in [-0.1, -0.05) is 62.9 Å². The Morgan fingerprint density at radius 1 is 0.284 bits per heavy atom. The van der Waals surface area contributed by atoms with Gasteiger partial charge in [-0.25, -0.2) is 14.4 Å². The molecule has 9 unspecified atom stereocenters. The van der Waals surface area contributed by atoms with Crippen molar-refractivity contribution in [3.05, 3.63) is 0 Å². The molecule has 0 aromatic heterocycles. The van der Waals surface area contributed by atoms with Crippen LogP contribution in [0.25, 0.3) is 0 Å². The number of hydrogen-bond acceptors (Lipinski definition) is 41.